The number of hydrogen-bond acceptors (Lipinski definition) is 1. The predicted octanol–water partition coefficient (Wildman–Crippen LogP) is 4.37. The fourth-order valence-electron chi connectivity index (χ4n) is 2.51. The van der Waals surface area contributed by atoms with Crippen LogP contribution in [0, 0.1) is 0 Å². The normalized spacial score (nSPS) is 14.1. The molecule has 0 spiro atoms. The van der Waals surface area contributed by atoms with Crippen molar-refractivity contribution < 1.29 is 9.85 Å². The fraction of sp³-hybridized carbons (Fsp3) is 1.00. The average Bonchev–Trinajstić information content (AvgIpc) is 2.33. The first-order valence-corrected chi connectivity index (χ1v) is 7.24. The van der Waals surface area contributed by atoms with Gasteiger partial charge in [0.2, 0.25) is 0 Å². The maximum Gasteiger partial charge on any atom is 0.119 e. The summed E-state index contributed by atoms with van der Waals surface area (Å²) >= 11 is 0. The van der Waals surface area contributed by atoms with Crippen LogP contribution >= 0.6 is 0 Å². The lowest BCUT2D eigenvalue weighted by molar-refractivity contribution is -1.12. The molecule has 0 rings (SSSR count). The summed E-state index contributed by atoms with van der Waals surface area (Å²) in [7, 11) is 0. The minimum Gasteiger partial charge on any atom is -0.217 e. The predicted molar refractivity (Wildman–Crippen MR) is 70.6 cm³/mol. The summed E-state index contributed by atoms with van der Waals surface area (Å²) in [5, 5.41) is 10.4. The first-order valence-electron chi connectivity index (χ1n) is 7.24. The van der Waals surface area contributed by atoms with Crippen LogP contribution in [0.1, 0.15) is 72.6 Å². The molecule has 1 atom stereocenters. The van der Waals surface area contributed by atoms with E-state index in [1.807, 2.05) is 0 Å². The molecular formula is C14H32NO+. The topological polar surface area (TPSA) is 20.2 Å². The molecule has 0 aliphatic carbocycles. The molecule has 2 heteroatoms. The number of rotatable bonds is 10. The van der Waals surface area contributed by atoms with Gasteiger partial charge in [-0.15, -0.1) is 0 Å². The van der Waals surface area contributed by atoms with Crippen LogP contribution in [0.25, 0.3) is 0 Å². The van der Waals surface area contributed by atoms with Gasteiger partial charge in [-0.2, -0.15) is 4.65 Å². The molecule has 0 aromatic heterocycles. The summed E-state index contributed by atoms with van der Waals surface area (Å²) in [5.41, 5.74) is 0. The molecule has 16 heavy (non-hydrogen) atoms. The van der Waals surface area contributed by atoms with Crippen molar-refractivity contribution in [3.05, 3.63) is 0 Å². The van der Waals surface area contributed by atoms with Crippen LogP contribution in [0.15, 0.2) is 0 Å². The van der Waals surface area contributed by atoms with Gasteiger partial charge in [0, 0.05) is 6.42 Å². The van der Waals surface area contributed by atoms with Crippen LogP contribution in [0.4, 0.5) is 0 Å². The highest BCUT2D eigenvalue weighted by Crippen LogP contribution is 2.19. The van der Waals surface area contributed by atoms with Gasteiger partial charge >= 0.3 is 0 Å². The second kappa shape index (κ2) is 9.00. The third-order valence-corrected chi connectivity index (χ3v) is 3.89. The molecule has 0 aliphatic heterocycles. The number of quaternary nitrogens is 1. The number of nitrogens with zero attached hydrogens (tertiary/aromatic N) is 1. The van der Waals surface area contributed by atoms with Gasteiger partial charge in [0.15, 0.2) is 0 Å². The van der Waals surface area contributed by atoms with Gasteiger partial charge in [-0.1, -0.05) is 39.5 Å². The molecule has 0 amide bonds. The zero-order chi connectivity index (χ0) is 12.4. The molecule has 0 aromatic rings. The Bertz CT molecular complexity index is 155. The molecule has 0 aromatic carbocycles. The van der Waals surface area contributed by atoms with E-state index in [1.165, 1.54) is 38.5 Å². The van der Waals surface area contributed by atoms with E-state index >= 15 is 0 Å². The Morgan fingerprint density at radius 2 is 1.44 bits per heavy atom. The molecule has 0 radical (unpaired) electrons. The summed E-state index contributed by atoms with van der Waals surface area (Å²) in [6, 6.07) is 0.441. The standard InChI is InChI=1S/C14H32NO/c1-5-9-10-11-12-13-14(6-2)15(16,7-3)8-4/h14,16H,5-13H2,1-4H3/q+1. The molecule has 98 valence electrons. The van der Waals surface area contributed by atoms with Crippen LogP contribution in [-0.4, -0.2) is 29.0 Å². The van der Waals surface area contributed by atoms with Gasteiger partial charge in [-0.3, -0.25) is 0 Å². The zero-order valence-corrected chi connectivity index (χ0v) is 11.8. The van der Waals surface area contributed by atoms with Crippen molar-refractivity contribution in [1.82, 2.24) is 0 Å². The first kappa shape index (κ1) is 15.9. The van der Waals surface area contributed by atoms with Gasteiger partial charge in [0.25, 0.3) is 0 Å². The van der Waals surface area contributed by atoms with E-state index < -0.39 is 0 Å². The molecule has 0 heterocycles. The van der Waals surface area contributed by atoms with Crippen molar-refractivity contribution in [2.45, 2.75) is 78.7 Å². The second-order valence-corrected chi connectivity index (χ2v) is 4.88. The summed E-state index contributed by atoms with van der Waals surface area (Å²) in [4.78, 5) is 0. The maximum absolute atomic E-state index is 10.4. The van der Waals surface area contributed by atoms with E-state index in [0.717, 1.165) is 19.5 Å². The van der Waals surface area contributed by atoms with E-state index in [4.69, 9.17) is 0 Å². The molecule has 1 unspecified atom stereocenters. The smallest absolute Gasteiger partial charge is 0.119 e. The molecule has 0 bridgehead atoms. The van der Waals surface area contributed by atoms with E-state index in [-0.39, 0.29) is 4.65 Å². The summed E-state index contributed by atoms with van der Waals surface area (Å²) < 4.78 is 0.268. The Hall–Kier alpha value is -0.0800. The Morgan fingerprint density at radius 3 is 1.88 bits per heavy atom. The highest BCUT2D eigenvalue weighted by Gasteiger charge is 2.30. The van der Waals surface area contributed by atoms with Crippen LogP contribution in [0.3, 0.4) is 0 Å². The van der Waals surface area contributed by atoms with Crippen molar-refractivity contribution in [3.63, 3.8) is 0 Å². The lowest BCUT2D eigenvalue weighted by Crippen LogP contribution is -2.52. The molecule has 0 saturated carbocycles. The second-order valence-electron chi connectivity index (χ2n) is 4.88. The number of hydrogen-bond donors (Lipinski definition) is 1. The highest BCUT2D eigenvalue weighted by molar-refractivity contribution is 4.56. The SMILES string of the molecule is CCCCCCCC(CC)[N+](O)(CC)CC. The van der Waals surface area contributed by atoms with Crippen molar-refractivity contribution in [3.8, 4) is 0 Å². The van der Waals surface area contributed by atoms with E-state index in [0.29, 0.717) is 6.04 Å². The molecule has 1 N–H and O–H groups in total. The molecule has 0 saturated heterocycles. The number of hydroxylamine groups is 3. The molecule has 2 nitrogen and oxygen atoms in total. The Balaban J connectivity index is 3.90. The molecule has 0 aliphatic rings. The van der Waals surface area contributed by atoms with Gasteiger partial charge in [-0.05, 0) is 26.7 Å². The molecule has 0 fully saturated rings. The highest BCUT2D eigenvalue weighted by atomic mass is 16.5. The van der Waals surface area contributed by atoms with Crippen molar-refractivity contribution >= 4 is 0 Å². The van der Waals surface area contributed by atoms with Gasteiger partial charge in [-0.25, -0.2) is 5.21 Å². The Labute approximate surface area is 102 Å². The zero-order valence-electron chi connectivity index (χ0n) is 11.8. The number of unbranched alkanes of at least 4 members (excludes halogenated alkanes) is 4. The quantitative estimate of drug-likeness (QED) is 0.336. The summed E-state index contributed by atoms with van der Waals surface area (Å²) in [6.07, 6.45) is 8.90. The largest absolute Gasteiger partial charge is 0.217 e. The van der Waals surface area contributed by atoms with Gasteiger partial charge in [0.1, 0.15) is 19.1 Å². The lowest BCUT2D eigenvalue weighted by Gasteiger charge is -2.35. The third-order valence-electron chi connectivity index (χ3n) is 3.89. The van der Waals surface area contributed by atoms with Crippen LogP contribution < -0.4 is 0 Å². The minimum absolute atomic E-state index is 0.268. The monoisotopic (exact) mass is 230 g/mol. The summed E-state index contributed by atoms with van der Waals surface area (Å²) in [5.74, 6) is 0. The third kappa shape index (κ3) is 5.31. The summed E-state index contributed by atoms with van der Waals surface area (Å²) in [6.45, 7) is 10.3. The van der Waals surface area contributed by atoms with E-state index in [2.05, 4.69) is 27.7 Å². The van der Waals surface area contributed by atoms with Crippen LogP contribution in [0.2, 0.25) is 0 Å². The van der Waals surface area contributed by atoms with Crippen molar-refractivity contribution in [1.29, 1.82) is 0 Å². The van der Waals surface area contributed by atoms with E-state index in [1.54, 1.807) is 0 Å². The van der Waals surface area contributed by atoms with Crippen LogP contribution in [-0.2, 0) is 0 Å². The van der Waals surface area contributed by atoms with Crippen molar-refractivity contribution in [2.75, 3.05) is 13.1 Å². The van der Waals surface area contributed by atoms with Crippen molar-refractivity contribution in [2.24, 2.45) is 0 Å². The molecular weight excluding hydrogens is 198 g/mol. The first-order chi connectivity index (χ1) is 7.64. The van der Waals surface area contributed by atoms with Gasteiger partial charge in [0.05, 0.1) is 0 Å². The Morgan fingerprint density at radius 1 is 0.875 bits per heavy atom. The average molecular weight is 230 g/mol. The van der Waals surface area contributed by atoms with Gasteiger partial charge < -0.3 is 0 Å². The Kier molecular flexibility index (Phi) is 8.96. The lowest BCUT2D eigenvalue weighted by atomic mass is 10.0. The van der Waals surface area contributed by atoms with E-state index in [9.17, 15) is 5.21 Å². The van der Waals surface area contributed by atoms with Crippen LogP contribution in [0.5, 0.6) is 0 Å². The maximum atomic E-state index is 10.4. The minimum atomic E-state index is 0.268. The fourth-order valence-corrected chi connectivity index (χ4v) is 2.51.